The second kappa shape index (κ2) is 11.5. The number of ketones is 1. The lowest BCUT2D eigenvalue weighted by Crippen LogP contribution is -2.31. The molecular weight excluding hydrogens is 452 g/mol. The van der Waals surface area contributed by atoms with Gasteiger partial charge in [0.05, 0.1) is 13.2 Å². The maximum Gasteiger partial charge on any atom is 0.356 e. The molecule has 1 aromatic carbocycles. The van der Waals surface area contributed by atoms with Crippen LogP contribution in [0.5, 0.6) is 5.75 Å². The van der Waals surface area contributed by atoms with Gasteiger partial charge in [0.15, 0.2) is 5.78 Å². The van der Waals surface area contributed by atoms with Crippen molar-refractivity contribution < 1.29 is 19.4 Å². The molecule has 6 heteroatoms. The number of esters is 1. The maximum atomic E-state index is 13.6. The number of Topliss-reactive ketones (excluding diaryl/α,β-unsaturated/α-hetero) is 1. The summed E-state index contributed by atoms with van der Waals surface area (Å²) in [5.41, 5.74) is 1.77. The molecule has 0 atom stereocenters. The lowest BCUT2D eigenvalue weighted by Gasteiger charge is -2.29. The number of nitrogens with zero attached hydrogens (tertiary/aromatic N) is 2. The molecule has 0 saturated carbocycles. The highest BCUT2D eigenvalue weighted by Gasteiger charge is 2.33. The van der Waals surface area contributed by atoms with E-state index in [0.717, 1.165) is 30.4 Å². The summed E-state index contributed by atoms with van der Waals surface area (Å²) in [5.74, 6) is 0.888. The number of carbonyl (C=O) groups is 2. The summed E-state index contributed by atoms with van der Waals surface area (Å²) in [6.45, 7) is 23.5. The minimum absolute atomic E-state index is 0.0428. The Bertz CT molecular complexity index is 972. The number of carbonyl (C=O) groups excluding carboxylic acids is 2. The first-order valence-electron chi connectivity index (χ1n) is 13.2. The molecular formula is C30H46N2O4. The van der Waals surface area contributed by atoms with Crippen molar-refractivity contribution in [2.45, 2.75) is 92.4 Å². The molecule has 2 rings (SSSR count). The van der Waals surface area contributed by atoms with E-state index in [0.29, 0.717) is 29.5 Å². The molecule has 6 nitrogen and oxygen atoms in total. The van der Waals surface area contributed by atoms with Crippen LogP contribution in [0.4, 0.5) is 0 Å². The quantitative estimate of drug-likeness (QED) is 0.294. The van der Waals surface area contributed by atoms with Gasteiger partial charge < -0.3 is 19.6 Å². The van der Waals surface area contributed by atoms with Crippen molar-refractivity contribution in [3.05, 3.63) is 53.1 Å². The highest BCUT2D eigenvalue weighted by molar-refractivity contribution is 5.99. The number of benzene rings is 1. The molecule has 0 aliphatic carbocycles. The molecule has 0 amide bonds. The van der Waals surface area contributed by atoms with Gasteiger partial charge in [-0.3, -0.25) is 4.79 Å². The lowest BCUT2D eigenvalue weighted by molar-refractivity contribution is -0.140. The summed E-state index contributed by atoms with van der Waals surface area (Å²) in [4.78, 5) is 29.9. The zero-order valence-electron chi connectivity index (χ0n) is 23.8. The van der Waals surface area contributed by atoms with Gasteiger partial charge in [0, 0.05) is 29.4 Å². The van der Waals surface area contributed by atoms with Gasteiger partial charge in [0.25, 0.3) is 0 Å². The summed E-state index contributed by atoms with van der Waals surface area (Å²) >= 11 is 0. The molecule has 0 fully saturated rings. The van der Waals surface area contributed by atoms with Gasteiger partial charge in [-0.1, -0.05) is 74.8 Å². The van der Waals surface area contributed by atoms with E-state index < -0.39 is 5.97 Å². The Hall–Kier alpha value is -2.76. The highest BCUT2D eigenvalue weighted by Crippen LogP contribution is 2.40. The third kappa shape index (κ3) is 6.71. The second-order valence-electron chi connectivity index (χ2n) is 11.7. The van der Waals surface area contributed by atoms with Crippen LogP contribution in [0, 0.1) is 5.92 Å². The number of hydrogen-bond donors (Lipinski definition) is 1. The number of hydrogen-bond acceptors (Lipinski definition) is 6. The summed E-state index contributed by atoms with van der Waals surface area (Å²) in [6, 6.07) is 3.60. The van der Waals surface area contributed by atoms with Crippen LogP contribution in [0.15, 0.2) is 36.4 Å². The molecule has 0 spiro atoms. The van der Waals surface area contributed by atoms with Crippen molar-refractivity contribution >= 4 is 11.8 Å². The summed E-state index contributed by atoms with van der Waals surface area (Å²) in [5, 5.41) is 11.0. The van der Waals surface area contributed by atoms with Crippen LogP contribution in [0.25, 0.3) is 0 Å². The van der Waals surface area contributed by atoms with Gasteiger partial charge in [-0.05, 0) is 42.2 Å². The van der Waals surface area contributed by atoms with Crippen molar-refractivity contribution in [2.75, 3.05) is 19.7 Å². The Morgan fingerprint density at radius 3 is 1.97 bits per heavy atom. The predicted octanol–water partition coefficient (Wildman–Crippen LogP) is 6.49. The van der Waals surface area contributed by atoms with Crippen molar-refractivity contribution in [1.29, 1.82) is 0 Å². The molecule has 1 heterocycles. The number of ether oxygens (including phenoxy) is 1. The van der Waals surface area contributed by atoms with Crippen LogP contribution in [-0.4, -0.2) is 46.4 Å². The van der Waals surface area contributed by atoms with Gasteiger partial charge in [0.1, 0.15) is 17.3 Å². The first-order valence-corrected chi connectivity index (χ1v) is 13.2. The van der Waals surface area contributed by atoms with Gasteiger partial charge >= 0.3 is 5.97 Å². The molecule has 200 valence electrons. The van der Waals surface area contributed by atoms with Gasteiger partial charge in [-0.2, -0.15) is 0 Å². The van der Waals surface area contributed by atoms with Gasteiger partial charge in [-0.15, -0.1) is 0 Å². The van der Waals surface area contributed by atoms with Crippen molar-refractivity contribution in [3.8, 4) is 5.75 Å². The summed E-state index contributed by atoms with van der Waals surface area (Å²) in [7, 11) is 0. The zero-order valence-corrected chi connectivity index (χ0v) is 23.8. The fourth-order valence-electron chi connectivity index (χ4n) is 4.53. The fraction of sp³-hybridized carbons (Fsp3) is 0.600. The molecule has 0 radical (unpaired) electrons. The minimum atomic E-state index is -0.409. The smallest absolute Gasteiger partial charge is 0.356 e. The number of rotatable bonds is 10. The molecule has 1 aliphatic rings. The third-order valence-electron chi connectivity index (χ3n) is 6.97. The zero-order chi connectivity index (χ0) is 27.4. The van der Waals surface area contributed by atoms with Crippen molar-refractivity contribution in [2.24, 2.45) is 5.92 Å². The standard InChI is InChI=1S/C30H46N2O4/c1-11-21(12-2)14-15-32-20(4)31(18-25(32)28(35)36-13-3)19-26(33)22-16-23(29(5,6)7)27(34)24(17-22)30(8,9)10/h16-18,21,34H,4,11-15,19H2,1-3,5-10H3. The van der Waals surface area contributed by atoms with Crippen molar-refractivity contribution in [1.82, 2.24) is 9.80 Å². The molecule has 1 aromatic rings. The second-order valence-corrected chi connectivity index (χ2v) is 11.7. The Balaban J connectivity index is 2.40. The normalized spacial score (nSPS) is 14.5. The van der Waals surface area contributed by atoms with Crippen molar-refractivity contribution in [3.63, 3.8) is 0 Å². The highest BCUT2D eigenvalue weighted by atomic mass is 16.5. The maximum absolute atomic E-state index is 13.6. The predicted molar refractivity (Wildman–Crippen MR) is 146 cm³/mol. The third-order valence-corrected chi connectivity index (χ3v) is 6.97. The van der Waals surface area contributed by atoms with Crippen LogP contribution in [0.2, 0.25) is 0 Å². The van der Waals surface area contributed by atoms with E-state index in [-0.39, 0.29) is 35.5 Å². The Morgan fingerprint density at radius 1 is 1.00 bits per heavy atom. The van der Waals surface area contributed by atoms with E-state index in [4.69, 9.17) is 4.74 Å². The van der Waals surface area contributed by atoms with E-state index in [9.17, 15) is 14.7 Å². The molecule has 36 heavy (non-hydrogen) atoms. The molecule has 0 bridgehead atoms. The van der Waals surface area contributed by atoms with E-state index in [1.54, 1.807) is 30.2 Å². The number of aromatic hydroxyl groups is 1. The molecule has 0 unspecified atom stereocenters. The SMILES string of the molecule is C=C1N(CC(=O)c2cc(C(C)(C)C)c(O)c(C(C)(C)C)c2)C=C(C(=O)OCC)N1CCC(CC)CC. The Labute approximate surface area is 218 Å². The van der Waals surface area contributed by atoms with Crippen LogP contribution in [-0.2, 0) is 20.4 Å². The van der Waals surface area contributed by atoms with Gasteiger partial charge in [0.2, 0.25) is 0 Å². The molecule has 1 N–H and O–H groups in total. The fourth-order valence-corrected chi connectivity index (χ4v) is 4.53. The minimum Gasteiger partial charge on any atom is -0.507 e. The summed E-state index contributed by atoms with van der Waals surface area (Å²) in [6.07, 6.45) is 4.75. The van der Waals surface area contributed by atoms with Crippen LogP contribution >= 0.6 is 0 Å². The van der Waals surface area contributed by atoms with E-state index >= 15 is 0 Å². The van der Waals surface area contributed by atoms with E-state index in [1.807, 2.05) is 46.4 Å². The summed E-state index contributed by atoms with van der Waals surface area (Å²) < 4.78 is 5.29. The Kier molecular flexibility index (Phi) is 9.44. The molecule has 0 aromatic heterocycles. The largest absolute Gasteiger partial charge is 0.507 e. The topological polar surface area (TPSA) is 70.1 Å². The van der Waals surface area contributed by atoms with Crippen LogP contribution in [0.3, 0.4) is 0 Å². The van der Waals surface area contributed by atoms with Crippen LogP contribution in [0.1, 0.15) is 103 Å². The average Bonchev–Trinajstić information content (AvgIpc) is 3.08. The molecule has 0 saturated heterocycles. The van der Waals surface area contributed by atoms with E-state index in [1.165, 1.54) is 0 Å². The van der Waals surface area contributed by atoms with Gasteiger partial charge in [-0.25, -0.2) is 4.79 Å². The first-order chi connectivity index (χ1) is 16.6. The monoisotopic (exact) mass is 498 g/mol. The molecule has 1 aliphatic heterocycles. The number of phenols is 1. The number of phenolic OH excluding ortho intramolecular Hbond substituents is 1. The van der Waals surface area contributed by atoms with Crippen LogP contribution < -0.4 is 0 Å². The average molecular weight is 499 g/mol. The lowest BCUT2D eigenvalue weighted by atomic mass is 9.78. The Morgan fingerprint density at radius 2 is 1.53 bits per heavy atom. The first kappa shape index (κ1) is 29.5. The van der Waals surface area contributed by atoms with E-state index in [2.05, 4.69) is 20.4 Å².